The first-order chi connectivity index (χ1) is 16.5. The second-order valence-electron chi connectivity index (χ2n) is 8.49. The molecule has 3 aromatic carbocycles. The smallest absolute Gasteiger partial charge is 0.412 e. The molecule has 1 atom stereocenters. The van der Waals surface area contributed by atoms with Crippen LogP contribution in [0.1, 0.15) is 42.9 Å². The van der Waals surface area contributed by atoms with Crippen LogP contribution in [0.15, 0.2) is 78.9 Å². The minimum absolute atomic E-state index is 0.379. The van der Waals surface area contributed by atoms with Crippen molar-refractivity contribution in [2.75, 3.05) is 5.32 Å². The van der Waals surface area contributed by atoms with E-state index in [0.29, 0.717) is 15.6 Å². The van der Waals surface area contributed by atoms with Crippen LogP contribution in [0.5, 0.6) is 0 Å². The Bertz CT molecular complexity index is 1300. The Kier molecular flexibility index (Phi) is 6.40. The molecule has 172 valence electrons. The van der Waals surface area contributed by atoms with Crippen LogP contribution in [-0.4, -0.2) is 6.09 Å². The maximum atomic E-state index is 14.2. The third-order valence-corrected chi connectivity index (χ3v) is 7.23. The fraction of sp³-hybridized carbons (Fsp3) is 0.179. The Morgan fingerprint density at radius 2 is 1.56 bits per heavy atom. The van der Waals surface area contributed by atoms with E-state index in [-0.39, 0.29) is 5.13 Å². The molecule has 1 amide bonds. The number of benzene rings is 3. The van der Waals surface area contributed by atoms with Crippen molar-refractivity contribution in [2.45, 2.75) is 31.8 Å². The number of amides is 1. The second kappa shape index (κ2) is 9.61. The van der Waals surface area contributed by atoms with Crippen molar-refractivity contribution in [1.82, 2.24) is 0 Å². The molecule has 1 unspecified atom stereocenters. The maximum absolute atomic E-state index is 14.2. The van der Waals surface area contributed by atoms with E-state index in [1.807, 2.05) is 24.3 Å². The molecular formula is C28H23ClFNO2S. The van der Waals surface area contributed by atoms with Crippen LogP contribution in [0, 0.1) is 5.13 Å². The summed E-state index contributed by atoms with van der Waals surface area (Å²) in [6.07, 6.45) is 1.45. The molecule has 1 N–H and O–H groups in total. The van der Waals surface area contributed by atoms with Crippen molar-refractivity contribution in [2.24, 2.45) is 0 Å². The number of thiophene rings is 1. The highest BCUT2D eigenvalue weighted by molar-refractivity contribution is 7.14. The van der Waals surface area contributed by atoms with E-state index in [2.05, 4.69) is 29.6 Å². The van der Waals surface area contributed by atoms with Gasteiger partial charge in [0.2, 0.25) is 0 Å². The molecule has 4 aromatic rings. The van der Waals surface area contributed by atoms with Crippen molar-refractivity contribution in [3.63, 3.8) is 0 Å². The fourth-order valence-electron chi connectivity index (χ4n) is 3.95. The van der Waals surface area contributed by atoms with Gasteiger partial charge in [-0.25, -0.2) is 4.79 Å². The summed E-state index contributed by atoms with van der Waals surface area (Å²) in [7, 11) is 0. The lowest BCUT2D eigenvalue weighted by Gasteiger charge is -2.14. The molecule has 3 nitrogen and oxygen atoms in total. The van der Waals surface area contributed by atoms with E-state index in [0.717, 1.165) is 39.5 Å². The van der Waals surface area contributed by atoms with Crippen molar-refractivity contribution < 1.29 is 13.9 Å². The Hall–Kier alpha value is -3.15. The van der Waals surface area contributed by atoms with Gasteiger partial charge in [0, 0.05) is 11.1 Å². The Morgan fingerprint density at radius 3 is 2.18 bits per heavy atom. The predicted octanol–water partition coefficient (Wildman–Crippen LogP) is 9.06. The number of carbonyl (C=O) groups excluding carboxylic acids is 1. The molecule has 1 heterocycles. The van der Waals surface area contributed by atoms with Crippen molar-refractivity contribution in [1.29, 1.82) is 0 Å². The predicted molar refractivity (Wildman–Crippen MR) is 137 cm³/mol. The van der Waals surface area contributed by atoms with Crippen molar-refractivity contribution >= 4 is 34.7 Å². The average Bonchev–Trinajstić information content (AvgIpc) is 3.62. The first-order valence-corrected chi connectivity index (χ1v) is 12.4. The Morgan fingerprint density at radius 1 is 0.971 bits per heavy atom. The highest BCUT2D eigenvalue weighted by Crippen LogP contribution is 2.41. The maximum Gasteiger partial charge on any atom is 0.412 e. The first-order valence-electron chi connectivity index (χ1n) is 11.2. The number of ether oxygens (including phenoxy) is 1. The summed E-state index contributed by atoms with van der Waals surface area (Å²) >= 11 is 6.91. The third-order valence-electron chi connectivity index (χ3n) is 6.00. The molecule has 1 aliphatic carbocycles. The number of anilines is 1. The van der Waals surface area contributed by atoms with E-state index in [4.69, 9.17) is 16.3 Å². The molecular weight excluding hydrogens is 469 g/mol. The number of rotatable bonds is 6. The van der Waals surface area contributed by atoms with Gasteiger partial charge >= 0.3 is 6.09 Å². The lowest BCUT2D eigenvalue weighted by molar-refractivity contribution is 0.121. The lowest BCUT2D eigenvalue weighted by atomic mass is 10.0. The highest BCUT2D eigenvalue weighted by atomic mass is 35.5. The van der Waals surface area contributed by atoms with E-state index in [9.17, 15) is 9.18 Å². The number of hydrogen-bond donors (Lipinski definition) is 1. The molecule has 0 radical (unpaired) electrons. The fourth-order valence-corrected chi connectivity index (χ4v) is 4.92. The summed E-state index contributed by atoms with van der Waals surface area (Å²) in [5.74, 6) is 0.733. The minimum atomic E-state index is -0.645. The van der Waals surface area contributed by atoms with Crippen LogP contribution in [0.4, 0.5) is 14.9 Å². The van der Waals surface area contributed by atoms with E-state index < -0.39 is 12.2 Å². The average molecular weight is 492 g/mol. The van der Waals surface area contributed by atoms with Gasteiger partial charge in [-0.1, -0.05) is 72.3 Å². The van der Waals surface area contributed by atoms with Crippen LogP contribution in [0.2, 0.25) is 5.02 Å². The lowest BCUT2D eigenvalue weighted by Crippen LogP contribution is -2.16. The minimum Gasteiger partial charge on any atom is -0.441 e. The first kappa shape index (κ1) is 22.6. The molecule has 1 aliphatic rings. The standard InChI is InChI=1S/C28H23ClFNO2S/c1-17(18-12-14-24(29)15-13-18)33-28(32)31-25-16-26(30)34-27(25)23-10-8-22(9-11-23)21-6-4-20(5-7-21)19-2-3-19/h4-17,19H,2-3H2,1H3,(H,31,32). The number of halogens is 2. The van der Waals surface area contributed by atoms with Gasteiger partial charge in [0.25, 0.3) is 0 Å². The zero-order valence-electron chi connectivity index (χ0n) is 18.6. The topological polar surface area (TPSA) is 38.3 Å². The van der Waals surface area contributed by atoms with Gasteiger partial charge in [0.05, 0.1) is 10.6 Å². The molecule has 1 fully saturated rings. The molecule has 5 rings (SSSR count). The van der Waals surface area contributed by atoms with Gasteiger partial charge in [-0.3, -0.25) is 5.32 Å². The van der Waals surface area contributed by atoms with E-state index in [1.54, 1.807) is 31.2 Å². The molecule has 0 saturated heterocycles. The van der Waals surface area contributed by atoms with Gasteiger partial charge in [-0.15, -0.1) is 11.3 Å². The van der Waals surface area contributed by atoms with Crippen LogP contribution in [-0.2, 0) is 4.74 Å². The Balaban J connectivity index is 1.29. The third kappa shape index (κ3) is 5.16. The second-order valence-corrected chi connectivity index (χ2v) is 9.93. The molecule has 6 heteroatoms. The summed E-state index contributed by atoms with van der Waals surface area (Å²) in [5, 5.41) is 2.93. The van der Waals surface area contributed by atoms with Crippen molar-refractivity contribution in [3.05, 3.63) is 100 Å². The molecule has 0 aliphatic heterocycles. The van der Waals surface area contributed by atoms with Crippen LogP contribution < -0.4 is 5.32 Å². The van der Waals surface area contributed by atoms with Gasteiger partial charge in [0.1, 0.15) is 6.10 Å². The van der Waals surface area contributed by atoms with Crippen molar-refractivity contribution in [3.8, 4) is 21.6 Å². The number of nitrogens with one attached hydrogen (secondary N) is 1. The summed E-state index contributed by atoms with van der Waals surface area (Å²) in [6.45, 7) is 1.77. The van der Waals surface area contributed by atoms with E-state index >= 15 is 0 Å². The van der Waals surface area contributed by atoms with Crippen LogP contribution in [0.25, 0.3) is 21.6 Å². The van der Waals surface area contributed by atoms with Gasteiger partial charge in [-0.2, -0.15) is 4.39 Å². The SMILES string of the molecule is CC(OC(=O)Nc1cc(F)sc1-c1ccc(-c2ccc(C3CC3)cc2)cc1)c1ccc(Cl)cc1. The summed E-state index contributed by atoms with van der Waals surface area (Å²) in [6, 6.07) is 25.0. The summed E-state index contributed by atoms with van der Waals surface area (Å²) < 4.78 is 19.6. The normalized spacial score (nSPS) is 14.0. The molecule has 1 saturated carbocycles. The van der Waals surface area contributed by atoms with Gasteiger partial charge < -0.3 is 4.74 Å². The zero-order valence-corrected chi connectivity index (χ0v) is 20.1. The molecule has 0 bridgehead atoms. The van der Waals surface area contributed by atoms with Gasteiger partial charge in [-0.05, 0) is 65.6 Å². The quantitative estimate of drug-likeness (QED) is 0.292. The van der Waals surface area contributed by atoms with E-state index in [1.165, 1.54) is 24.5 Å². The highest BCUT2D eigenvalue weighted by Gasteiger charge is 2.23. The largest absolute Gasteiger partial charge is 0.441 e. The summed E-state index contributed by atoms with van der Waals surface area (Å²) in [5.41, 5.74) is 5.67. The zero-order chi connectivity index (χ0) is 23.7. The number of carbonyl (C=O) groups is 1. The summed E-state index contributed by atoms with van der Waals surface area (Å²) in [4.78, 5) is 13.1. The van der Waals surface area contributed by atoms with Crippen LogP contribution >= 0.6 is 22.9 Å². The van der Waals surface area contributed by atoms with Gasteiger partial charge in [0.15, 0.2) is 5.13 Å². The Labute approximate surface area is 207 Å². The number of hydrogen-bond acceptors (Lipinski definition) is 3. The van der Waals surface area contributed by atoms with Crippen LogP contribution in [0.3, 0.4) is 0 Å². The monoisotopic (exact) mass is 491 g/mol. The molecule has 0 spiro atoms. The molecule has 1 aromatic heterocycles. The molecule has 34 heavy (non-hydrogen) atoms.